The van der Waals surface area contributed by atoms with Crippen molar-refractivity contribution in [3.63, 3.8) is 0 Å². The maximum atomic E-state index is 13.7. The molecule has 32 heavy (non-hydrogen) atoms. The number of nitrogens with zero attached hydrogens (tertiary/aromatic N) is 2. The smallest absolute Gasteiger partial charge is 0.264 e. The van der Waals surface area contributed by atoms with Crippen molar-refractivity contribution in [1.29, 1.82) is 0 Å². The second-order valence-corrected chi connectivity index (χ2v) is 8.70. The molecule has 1 aromatic carbocycles. The molecule has 168 valence electrons. The zero-order valence-corrected chi connectivity index (χ0v) is 18.1. The highest BCUT2D eigenvalue weighted by molar-refractivity contribution is 7.12. The predicted octanol–water partition coefficient (Wildman–Crippen LogP) is 1.25. The summed E-state index contributed by atoms with van der Waals surface area (Å²) in [5, 5.41) is 7.23. The summed E-state index contributed by atoms with van der Waals surface area (Å²) in [5.41, 5.74) is 0.122. The van der Waals surface area contributed by atoms with Crippen LogP contribution in [-0.2, 0) is 9.59 Å². The molecular formula is C22H23FN4O4S. The molecule has 0 bridgehead atoms. The summed E-state index contributed by atoms with van der Waals surface area (Å²) in [6.07, 6.45) is 1.23. The van der Waals surface area contributed by atoms with Crippen LogP contribution in [0.15, 0.2) is 41.8 Å². The van der Waals surface area contributed by atoms with Crippen LogP contribution in [0.5, 0.6) is 0 Å². The van der Waals surface area contributed by atoms with Crippen LogP contribution in [-0.4, -0.2) is 71.7 Å². The van der Waals surface area contributed by atoms with Crippen LogP contribution in [0.4, 0.5) is 4.39 Å². The number of piperazine rings is 1. The van der Waals surface area contributed by atoms with Crippen molar-refractivity contribution in [3.05, 3.63) is 58.0 Å². The van der Waals surface area contributed by atoms with Gasteiger partial charge in [-0.2, -0.15) is 0 Å². The van der Waals surface area contributed by atoms with Crippen molar-refractivity contribution in [2.24, 2.45) is 0 Å². The van der Waals surface area contributed by atoms with Gasteiger partial charge in [-0.1, -0.05) is 12.1 Å². The number of carbonyl (C=O) groups is 4. The fraction of sp³-hybridized carbons (Fsp3) is 0.364. The number of benzene rings is 1. The molecule has 1 aromatic heterocycles. The molecule has 0 saturated carbocycles. The van der Waals surface area contributed by atoms with E-state index in [1.54, 1.807) is 17.5 Å². The largest absolute Gasteiger partial charge is 0.354 e. The van der Waals surface area contributed by atoms with E-state index in [0.29, 0.717) is 17.8 Å². The second-order valence-electron chi connectivity index (χ2n) is 7.75. The normalized spacial score (nSPS) is 21.1. The molecule has 10 heteroatoms. The van der Waals surface area contributed by atoms with E-state index in [4.69, 9.17) is 0 Å². The molecule has 2 fully saturated rings. The molecule has 2 aromatic rings. The highest BCUT2D eigenvalue weighted by Gasteiger charge is 2.39. The average molecular weight is 459 g/mol. The van der Waals surface area contributed by atoms with E-state index in [1.807, 2.05) is 0 Å². The molecule has 2 unspecified atom stereocenters. The van der Waals surface area contributed by atoms with Gasteiger partial charge in [0.15, 0.2) is 0 Å². The molecule has 8 nitrogen and oxygen atoms in total. The highest BCUT2D eigenvalue weighted by Crippen LogP contribution is 2.20. The summed E-state index contributed by atoms with van der Waals surface area (Å²) < 4.78 is 13.7. The van der Waals surface area contributed by atoms with Crippen molar-refractivity contribution in [3.8, 4) is 0 Å². The minimum Gasteiger partial charge on any atom is -0.354 e. The first kappa shape index (κ1) is 21.9. The molecule has 2 atom stereocenters. The Kier molecular flexibility index (Phi) is 6.50. The standard InChI is InChI=1S/C22H23FN4O4S/c23-15-5-1-4-14(12-15)21(30)27-10-9-26(22(31)18-7-3-11-32-18)13-17(27)20(29)25-16-6-2-8-24-19(16)28/h1,3-5,7,11-12,16-17H,2,6,8-10,13H2,(H,24,28)(H,25,29). The SMILES string of the molecule is O=C1NCCCC1NC(=O)C1CN(C(=O)c2cccs2)CCN1C(=O)c1cccc(F)c1. The number of amides is 4. The molecular weight excluding hydrogens is 435 g/mol. The topological polar surface area (TPSA) is 98.8 Å². The summed E-state index contributed by atoms with van der Waals surface area (Å²) in [4.78, 5) is 54.7. The van der Waals surface area contributed by atoms with Crippen LogP contribution >= 0.6 is 11.3 Å². The van der Waals surface area contributed by atoms with Gasteiger partial charge in [-0.25, -0.2) is 4.39 Å². The van der Waals surface area contributed by atoms with Crippen molar-refractivity contribution in [2.75, 3.05) is 26.2 Å². The van der Waals surface area contributed by atoms with E-state index >= 15 is 0 Å². The molecule has 2 aliphatic heterocycles. The Bertz CT molecular complexity index is 1030. The Morgan fingerprint density at radius 3 is 2.69 bits per heavy atom. The van der Waals surface area contributed by atoms with Gasteiger partial charge in [0.1, 0.15) is 17.9 Å². The van der Waals surface area contributed by atoms with Crippen molar-refractivity contribution in [1.82, 2.24) is 20.4 Å². The van der Waals surface area contributed by atoms with E-state index < -0.39 is 29.7 Å². The van der Waals surface area contributed by atoms with E-state index in [-0.39, 0.29) is 37.0 Å². The number of piperidine rings is 1. The zero-order chi connectivity index (χ0) is 22.7. The lowest BCUT2D eigenvalue weighted by molar-refractivity contribution is -0.133. The van der Waals surface area contributed by atoms with Crippen LogP contribution in [0.2, 0.25) is 0 Å². The number of hydrogen-bond donors (Lipinski definition) is 2. The van der Waals surface area contributed by atoms with Gasteiger partial charge in [-0.3, -0.25) is 19.2 Å². The highest BCUT2D eigenvalue weighted by atomic mass is 32.1. The Hall–Kier alpha value is -3.27. The molecule has 2 N–H and O–H groups in total. The van der Waals surface area contributed by atoms with Crippen molar-refractivity contribution in [2.45, 2.75) is 24.9 Å². The molecule has 3 heterocycles. The first-order valence-corrected chi connectivity index (χ1v) is 11.3. The average Bonchev–Trinajstić information content (AvgIpc) is 3.34. The molecule has 0 aliphatic carbocycles. The van der Waals surface area contributed by atoms with Gasteiger partial charge in [0.2, 0.25) is 11.8 Å². The lowest BCUT2D eigenvalue weighted by atomic mass is 10.0. The van der Waals surface area contributed by atoms with Crippen molar-refractivity contribution < 1.29 is 23.6 Å². The first-order valence-electron chi connectivity index (χ1n) is 10.4. The van der Waals surface area contributed by atoms with E-state index in [9.17, 15) is 23.6 Å². The number of carbonyl (C=O) groups excluding carboxylic acids is 4. The van der Waals surface area contributed by atoms with Crippen LogP contribution in [0.1, 0.15) is 32.9 Å². The lowest BCUT2D eigenvalue weighted by Gasteiger charge is -2.41. The fourth-order valence-electron chi connectivity index (χ4n) is 3.96. The number of nitrogens with one attached hydrogen (secondary N) is 2. The lowest BCUT2D eigenvalue weighted by Crippen LogP contribution is -2.63. The molecule has 0 spiro atoms. The van der Waals surface area contributed by atoms with Gasteiger partial charge in [-0.05, 0) is 42.5 Å². The van der Waals surface area contributed by atoms with E-state index in [1.165, 1.54) is 39.3 Å². The monoisotopic (exact) mass is 458 g/mol. The third-order valence-electron chi connectivity index (χ3n) is 5.64. The number of rotatable bonds is 4. The van der Waals surface area contributed by atoms with Gasteiger partial charge < -0.3 is 20.4 Å². The minimum atomic E-state index is -1.00. The van der Waals surface area contributed by atoms with E-state index in [0.717, 1.165) is 12.5 Å². The zero-order valence-electron chi connectivity index (χ0n) is 17.3. The molecule has 2 saturated heterocycles. The van der Waals surface area contributed by atoms with Crippen LogP contribution in [0.25, 0.3) is 0 Å². The quantitative estimate of drug-likeness (QED) is 0.721. The fourth-order valence-corrected chi connectivity index (χ4v) is 4.65. The van der Waals surface area contributed by atoms with Gasteiger partial charge in [0, 0.05) is 25.2 Å². The Morgan fingerprint density at radius 2 is 1.97 bits per heavy atom. The minimum absolute atomic E-state index is 0.0159. The van der Waals surface area contributed by atoms with Gasteiger partial charge in [0.05, 0.1) is 11.4 Å². The van der Waals surface area contributed by atoms with Crippen LogP contribution < -0.4 is 10.6 Å². The van der Waals surface area contributed by atoms with Gasteiger partial charge in [-0.15, -0.1) is 11.3 Å². The molecule has 0 radical (unpaired) electrons. The number of halogens is 1. The number of thiophene rings is 1. The first-order chi connectivity index (χ1) is 15.4. The molecule has 4 rings (SSSR count). The molecule has 4 amide bonds. The Balaban J connectivity index is 1.56. The summed E-state index contributed by atoms with van der Waals surface area (Å²) in [6.45, 7) is 0.896. The van der Waals surface area contributed by atoms with E-state index in [2.05, 4.69) is 10.6 Å². The van der Waals surface area contributed by atoms with Crippen LogP contribution in [0.3, 0.4) is 0 Å². The third kappa shape index (κ3) is 4.64. The Labute approximate surface area is 188 Å². The van der Waals surface area contributed by atoms with Crippen molar-refractivity contribution >= 4 is 35.0 Å². The summed E-state index contributed by atoms with van der Waals surface area (Å²) in [7, 11) is 0. The van der Waals surface area contributed by atoms with Gasteiger partial charge >= 0.3 is 0 Å². The Morgan fingerprint density at radius 1 is 1.12 bits per heavy atom. The summed E-state index contributed by atoms with van der Waals surface area (Å²) >= 11 is 1.30. The third-order valence-corrected chi connectivity index (χ3v) is 6.49. The maximum absolute atomic E-state index is 13.7. The second kappa shape index (κ2) is 9.47. The summed E-state index contributed by atoms with van der Waals surface area (Å²) in [6, 6.07) is 7.06. The maximum Gasteiger partial charge on any atom is 0.264 e. The molecule has 2 aliphatic rings. The predicted molar refractivity (Wildman–Crippen MR) is 116 cm³/mol. The summed E-state index contributed by atoms with van der Waals surface area (Å²) in [5.74, 6) is -2.05. The van der Waals surface area contributed by atoms with Crippen LogP contribution in [0, 0.1) is 5.82 Å². The van der Waals surface area contributed by atoms with Gasteiger partial charge in [0.25, 0.3) is 11.8 Å². The number of hydrogen-bond acceptors (Lipinski definition) is 5.